The van der Waals surface area contributed by atoms with Crippen molar-refractivity contribution in [1.82, 2.24) is 4.98 Å². The van der Waals surface area contributed by atoms with Crippen LogP contribution in [0, 0.1) is 17.3 Å². The summed E-state index contributed by atoms with van der Waals surface area (Å²) in [5, 5.41) is 25.1. The van der Waals surface area contributed by atoms with Crippen LogP contribution in [0.2, 0.25) is 0 Å². The van der Waals surface area contributed by atoms with Crippen molar-refractivity contribution in [2.24, 2.45) is 17.3 Å². The van der Waals surface area contributed by atoms with E-state index in [-0.39, 0.29) is 28.1 Å². The Morgan fingerprint density at radius 1 is 1.05 bits per heavy atom. The lowest BCUT2D eigenvalue weighted by atomic mass is 9.42. The average Bonchev–Trinajstić information content (AvgIpc) is 3.52. The Morgan fingerprint density at radius 3 is 2.55 bits per heavy atom. The van der Waals surface area contributed by atoms with Gasteiger partial charge < -0.3 is 24.7 Å². The lowest BCUT2D eigenvalue weighted by molar-refractivity contribution is -0.185. The molecule has 2 aromatic rings. The summed E-state index contributed by atoms with van der Waals surface area (Å²) in [6.45, 7) is 19.5. The van der Waals surface area contributed by atoms with Crippen LogP contribution in [0.3, 0.4) is 0 Å². The van der Waals surface area contributed by atoms with Gasteiger partial charge in [-0.25, -0.2) is 0 Å². The topological polar surface area (TPSA) is 74.7 Å². The number of nitrogens with one attached hydrogen (secondary N) is 1. The van der Waals surface area contributed by atoms with Gasteiger partial charge in [0.1, 0.15) is 12.2 Å². The second-order valence-corrected chi connectivity index (χ2v) is 16.1. The van der Waals surface area contributed by atoms with E-state index in [1.165, 1.54) is 38.9 Å². The first-order valence-corrected chi connectivity index (χ1v) is 16.1. The van der Waals surface area contributed by atoms with Gasteiger partial charge >= 0.3 is 0 Å². The van der Waals surface area contributed by atoms with Gasteiger partial charge in [0.25, 0.3) is 0 Å². The minimum Gasteiger partial charge on any atom is -0.386 e. The van der Waals surface area contributed by atoms with Crippen LogP contribution in [0.1, 0.15) is 96.5 Å². The zero-order chi connectivity index (χ0) is 29.8. The smallest absolute Gasteiger partial charge is 0.108 e. The van der Waals surface area contributed by atoms with Gasteiger partial charge in [-0.2, -0.15) is 0 Å². The summed E-state index contributed by atoms with van der Waals surface area (Å²) in [6.07, 6.45) is 8.35. The summed E-state index contributed by atoms with van der Waals surface area (Å²) < 4.78 is 12.9. The molecule has 8 rings (SSSR count). The van der Waals surface area contributed by atoms with Crippen molar-refractivity contribution in [3.05, 3.63) is 64.4 Å². The van der Waals surface area contributed by atoms with Crippen LogP contribution in [-0.4, -0.2) is 50.3 Å². The Hall–Kier alpha value is -2.18. The van der Waals surface area contributed by atoms with Crippen LogP contribution in [0.4, 0.5) is 0 Å². The van der Waals surface area contributed by atoms with Crippen LogP contribution >= 0.6 is 0 Å². The molecule has 0 bridgehead atoms. The number of H-pyrrole nitrogens is 1. The standard InChI is InChI=1S/C37H47NO4/c1-19(2)31-29(39)17-27-30(41-31)10-11-35(7)36(8)21(9-12-37(27,35)40)15-24-23-13-20-14-26-25(18-33(3,4)42-34(26,5)6)22(20)16-28(23)38-32(24)36/h13,16-18,21,26,29-31,38-40H,1,9-12,14-15H2,2-8H3/t21?,26?,29-,30?,31-,35-,36-,37-/m1/s1. The third-order valence-corrected chi connectivity index (χ3v) is 13.0. The fourth-order valence-electron chi connectivity index (χ4n) is 10.9. The van der Waals surface area contributed by atoms with E-state index in [0.29, 0.717) is 18.3 Å². The normalized spacial score (nSPS) is 42.5. The first-order valence-electron chi connectivity index (χ1n) is 16.1. The predicted molar refractivity (Wildman–Crippen MR) is 166 cm³/mol. The molecule has 0 spiro atoms. The summed E-state index contributed by atoms with van der Waals surface area (Å²) >= 11 is 0. The van der Waals surface area contributed by atoms with E-state index < -0.39 is 17.8 Å². The molecule has 5 nitrogen and oxygen atoms in total. The second kappa shape index (κ2) is 8.10. The largest absolute Gasteiger partial charge is 0.386 e. The monoisotopic (exact) mass is 569 g/mol. The van der Waals surface area contributed by atoms with Crippen molar-refractivity contribution in [2.45, 2.75) is 128 Å². The van der Waals surface area contributed by atoms with E-state index in [1.807, 2.05) is 13.0 Å². The highest BCUT2D eigenvalue weighted by molar-refractivity contribution is 5.92. The molecule has 5 heteroatoms. The van der Waals surface area contributed by atoms with Crippen LogP contribution in [-0.2, 0) is 27.7 Å². The van der Waals surface area contributed by atoms with Gasteiger partial charge in [0, 0.05) is 33.3 Å². The number of fused-ring (bicyclic) bond motifs is 12. The Bertz CT molecular complexity index is 1620. The molecule has 2 aliphatic heterocycles. The zero-order valence-electron chi connectivity index (χ0n) is 26.4. The van der Waals surface area contributed by atoms with Crippen molar-refractivity contribution < 1.29 is 19.7 Å². The number of aliphatic hydroxyl groups is 2. The molecule has 6 aliphatic rings. The van der Waals surface area contributed by atoms with Crippen LogP contribution in [0.5, 0.6) is 0 Å². The lowest BCUT2D eigenvalue weighted by Crippen LogP contribution is -2.67. The highest BCUT2D eigenvalue weighted by atomic mass is 16.5. The van der Waals surface area contributed by atoms with Crippen LogP contribution in [0.15, 0.2) is 42.0 Å². The Kier molecular flexibility index (Phi) is 5.28. The molecule has 2 fully saturated rings. The minimum atomic E-state index is -1.03. The van der Waals surface area contributed by atoms with Gasteiger partial charge in [-0.15, -0.1) is 0 Å². The second-order valence-electron chi connectivity index (χ2n) is 16.1. The van der Waals surface area contributed by atoms with E-state index >= 15 is 0 Å². The molecule has 3 heterocycles. The minimum absolute atomic E-state index is 0.172. The summed E-state index contributed by atoms with van der Waals surface area (Å²) in [5.74, 6) is 0.838. The number of hydrogen-bond acceptors (Lipinski definition) is 4. The van der Waals surface area contributed by atoms with Crippen molar-refractivity contribution in [2.75, 3.05) is 0 Å². The van der Waals surface area contributed by atoms with Gasteiger partial charge in [0.2, 0.25) is 0 Å². The van der Waals surface area contributed by atoms with Crippen molar-refractivity contribution in [1.29, 1.82) is 0 Å². The molecular weight excluding hydrogens is 522 g/mol. The maximum Gasteiger partial charge on any atom is 0.108 e. The summed E-state index contributed by atoms with van der Waals surface area (Å²) in [6, 6.07) is 4.88. The third-order valence-electron chi connectivity index (χ3n) is 13.0. The number of benzene rings is 1. The quantitative estimate of drug-likeness (QED) is 0.334. The SMILES string of the molecule is C=C(C)[C@H]1OC2CC[C@@]3(C)[C@@](O)(CCC4Cc5c([nH]c6cc7c(cc56)CC5C7=CC(C)(C)OC5(C)C)[C@@]43C)C2=C[C@H]1O. The molecular formula is C37H47NO4. The predicted octanol–water partition coefficient (Wildman–Crippen LogP) is 6.70. The zero-order valence-corrected chi connectivity index (χ0v) is 26.4. The highest BCUT2D eigenvalue weighted by Crippen LogP contribution is 2.69. The van der Waals surface area contributed by atoms with E-state index in [4.69, 9.17) is 9.47 Å². The number of aliphatic hydroxyl groups excluding tert-OH is 1. The molecule has 0 amide bonds. The van der Waals surface area contributed by atoms with E-state index in [2.05, 4.69) is 71.3 Å². The Labute approximate surface area is 250 Å². The number of rotatable bonds is 1. The van der Waals surface area contributed by atoms with E-state index in [0.717, 1.165) is 43.3 Å². The molecule has 8 atom stereocenters. The Balaban J connectivity index is 1.24. The molecule has 0 radical (unpaired) electrons. The lowest BCUT2D eigenvalue weighted by Gasteiger charge is -2.65. The number of ether oxygens (including phenoxy) is 2. The molecule has 2 saturated carbocycles. The maximum atomic E-state index is 12.7. The number of aromatic nitrogens is 1. The first-order chi connectivity index (χ1) is 19.6. The molecule has 3 N–H and O–H groups in total. The van der Waals surface area contributed by atoms with Gasteiger partial charge in [0.05, 0.1) is 22.9 Å². The van der Waals surface area contributed by atoms with Crippen molar-refractivity contribution in [3.63, 3.8) is 0 Å². The molecule has 42 heavy (non-hydrogen) atoms. The number of aromatic amines is 1. The summed E-state index contributed by atoms with van der Waals surface area (Å²) in [7, 11) is 0. The molecule has 3 unspecified atom stereocenters. The van der Waals surface area contributed by atoms with Crippen molar-refractivity contribution in [3.8, 4) is 0 Å². The molecule has 224 valence electrons. The molecule has 1 aromatic carbocycles. The van der Waals surface area contributed by atoms with Gasteiger partial charge in [-0.1, -0.05) is 20.4 Å². The summed E-state index contributed by atoms with van der Waals surface area (Å²) in [4.78, 5) is 3.98. The third kappa shape index (κ3) is 3.19. The fourth-order valence-corrected chi connectivity index (χ4v) is 10.9. The maximum absolute atomic E-state index is 12.7. The first kappa shape index (κ1) is 27.4. The van der Waals surface area contributed by atoms with E-state index in [1.54, 1.807) is 0 Å². The number of hydrogen-bond donors (Lipinski definition) is 3. The van der Waals surface area contributed by atoms with Gasteiger partial charge in [0.15, 0.2) is 0 Å². The fraction of sp³-hybridized carbons (Fsp3) is 0.622. The Morgan fingerprint density at radius 2 is 1.81 bits per heavy atom. The summed E-state index contributed by atoms with van der Waals surface area (Å²) in [5.41, 5.74) is 7.81. The highest BCUT2D eigenvalue weighted by Gasteiger charge is 2.70. The molecule has 0 saturated heterocycles. The molecule has 1 aromatic heterocycles. The average molecular weight is 570 g/mol. The van der Waals surface area contributed by atoms with Crippen LogP contribution in [0.25, 0.3) is 16.5 Å². The van der Waals surface area contributed by atoms with Gasteiger partial charge in [-0.05, 0) is 137 Å². The van der Waals surface area contributed by atoms with Crippen molar-refractivity contribution >= 4 is 16.5 Å². The van der Waals surface area contributed by atoms with E-state index in [9.17, 15) is 10.2 Å². The van der Waals surface area contributed by atoms with Gasteiger partial charge in [-0.3, -0.25) is 0 Å². The molecule has 4 aliphatic carbocycles. The van der Waals surface area contributed by atoms with Crippen LogP contribution < -0.4 is 0 Å².